The third-order valence-electron chi connectivity index (χ3n) is 5.20. The van der Waals surface area contributed by atoms with Gasteiger partial charge in [0.05, 0.1) is 0 Å². The van der Waals surface area contributed by atoms with Gasteiger partial charge in [-0.3, -0.25) is 4.79 Å². The van der Waals surface area contributed by atoms with Crippen LogP contribution in [0.3, 0.4) is 0 Å². The Morgan fingerprint density at radius 1 is 1.32 bits per heavy atom. The minimum atomic E-state index is 0.302. The van der Waals surface area contributed by atoms with Gasteiger partial charge in [-0.05, 0) is 37.8 Å². The second-order valence-electron chi connectivity index (χ2n) is 7.02. The molecule has 0 unspecified atom stereocenters. The molecule has 2 aliphatic rings. The third-order valence-corrected chi connectivity index (χ3v) is 5.20. The first kappa shape index (κ1) is 15.5. The molecular weight excluding hydrogens is 276 g/mol. The van der Waals surface area contributed by atoms with E-state index < -0.39 is 0 Å². The summed E-state index contributed by atoms with van der Waals surface area (Å²) in [5.74, 6) is 3.33. The molecule has 122 valence electrons. The summed E-state index contributed by atoms with van der Waals surface area (Å²) < 4.78 is 2.12. The number of likely N-dealkylation sites (tertiary alicyclic amines) is 1. The van der Waals surface area contributed by atoms with E-state index in [1.165, 1.54) is 0 Å². The van der Waals surface area contributed by atoms with Crippen molar-refractivity contribution in [1.29, 1.82) is 0 Å². The average molecular weight is 304 g/mol. The van der Waals surface area contributed by atoms with Gasteiger partial charge in [-0.1, -0.05) is 13.8 Å². The van der Waals surface area contributed by atoms with E-state index in [2.05, 4.69) is 33.6 Å². The molecule has 3 rings (SSSR count). The Balaban J connectivity index is 1.52. The lowest BCUT2D eigenvalue weighted by molar-refractivity contribution is -0.131. The van der Waals surface area contributed by atoms with Crippen molar-refractivity contribution in [3.8, 4) is 0 Å². The lowest BCUT2D eigenvalue weighted by atomic mass is 9.92. The van der Waals surface area contributed by atoms with Gasteiger partial charge in [-0.15, -0.1) is 0 Å². The van der Waals surface area contributed by atoms with E-state index in [4.69, 9.17) is 0 Å². The molecule has 2 fully saturated rings. The van der Waals surface area contributed by atoms with Crippen LogP contribution >= 0.6 is 0 Å². The maximum atomic E-state index is 12.5. The van der Waals surface area contributed by atoms with Crippen molar-refractivity contribution < 1.29 is 4.79 Å². The summed E-state index contributed by atoms with van der Waals surface area (Å²) >= 11 is 0. The first-order valence-corrected chi connectivity index (χ1v) is 8.64. The van der Waals surface area contributed by atoms with E-state index in [0.29, 0.717) is 18.2 Å². The molecule has 2 saturated heterocycles. The zero-order chi connectivity index (χ0) is 15.5. The number of carbonyl (C=O) groups excluding carboxylic acids is 1. The number of aromatic nitrogens is 2. The van der Waals surface area contributed by atoms with Crippen molar-refractivity contribution in [3.05, 3.63) is 18.2 Å². The van der Waals surface area contributed by atoms with E-state index in [9.17, 15) is 4.79 Å². The summed E-state index contributed by atoms with van der Waals surface area (Å²) in [5.41, 5.74) is 0. The number of nitrogens with one attached hydrogen (secondary N) is 1. The molecule has 2 atom stereocenters. The Morgan fingerprint density at radius 2 is 2.00 bits per heavy atom. The van der Waals surface area contributed by atoms with Crippen LogP contribution in [0.2, 0.25) is 0 Å². The maximum absolute atomic E-state index is 12.5. The minimum absolute atomic E-state index is 0.302. The molecule has 2 aliphatic heterocycles. The highest BCUT2D eigenvalue weighted by molar-refractivity contribution is 5.76. The van der Waals surface area contributed by atoms with Crippen LogP contribution in [0.25, 0.3) is 0 Å². The Hall–Kier alpha value is -1.36. The summed E-state index contributed by atoms with van der Waals surface area (Å²) in [6.45, 7) is 9.17. The van der Waals surface area contributed by atoms with Gasteiger partial charge in [0.1, 0.15) is 5.82 Å². The molecule has 1 amide bonds. The molecule has 3 heterocycles. The standard InChI is InChI=1S/C17H28N4O/c1-13(2)17-19-6-10-21(17)9-5-16(22)20-7-3-14-11-18-12-15(14)4-8-20/h6,10,13-15,18H,3-5,7-9,11-12H2,1-2H3/t14-,15+. The summed E-state index contributed by atoms with van der Waals surface area (Å²) in [7, 11) is 0. The first-order valence-electron chi connectivity index (χ1n) is 8.64. The second kappa shape index (κ2) is 6.82. The van der Waals surface area contributed by atoms with Gasteiger partial charge in [0.15, 0.2) is 0 Å². The number of fused-ring (bicyclic) bond motifs is 1. The summed E-state index contributed by atoms with van der Waals surface area (Å²) in [5, 5.41) is 3.48. The highest BCUT2D eigenvalue weighted by Crippen LogP contribution is 2.27. The van der Waals surface area contributed by atoms with Gasteiger partial charge in [-0.25, -0.2) is 4.98 Å². The van der Waals surface area contributed by atoms with E-state index in [-0.39, 0.29) is 0 Å². The van der Waals surface area contributed by atoms with E-state index in [0.717, 1.165) is 63.2 Å². The summed E-state index contributed by atoms with van der Waals surface area (Å²) in [6.07, 6.45) is 6.72. The fourth-order valence-electron chi connectivity index (χ4n) is 3.85. The van der Waals surface area contributed by atoms with Gasteiger partial charge < -0.3 is 14.8 Å². The zero-order valence-electron chi connectivity index (χ0n) is 13.8. The molecule has 0 aliphatic carbocycles. The van der Waals surface area contributed by atoms with Crippen LogP contribution in [0.4, 0.5) is 0 Å². The molecule has 22 heavy (non-hydrogen) atoms. The monoisotopic (exact) mass is 304 g/mol. The fraction of sp³-hybridized carbons (Fsp3) is 0.765. The average Bonchev–Trinajstić information content (AvgIpc) is 3.10. The number of imidazole rings is 1. The molecule has 5 heteroatoms. The largest absolute Gasteiger partial charge is 0.343 e. The first-order chi connectivity index (χ1) is 10.6. The van der Waals surface area contributed by atoms with Gasteiger partial charge in [0, 0.05) is 44.4 Å². The van der Waals surface area contributed by atoms with Crippen molar-refractivity contribution in [2.45, 2.75) is 45.6 Å². The Kier molecular flexibility index (Phi) is 4.81. The third kappa shape index (κ3) is 3.35. The number of aryl methyl sites for hydroxylation is 1. The molecule has 1 aromatic heterocycles. The molecule has 0 aromatic carbocycles. The number of amides is 1. The number of hydrogen-bond donors (Lipinski definition) is 1. The molecule has 1 N–H and O–H groups in total. The lowest BCUT2D eigenvalue weighted by Crippen LogP contribution is -2.33. The molecule has 0 spiro atoms. The molecule has 1 aromatic rings. The predicted octanol–water partition coefficient (Wildman–Crippen LogP) is 1.85. The predicted molar refractivity (Wildman–Crippen MR) is 86.6 cm³/mol. The number of hydrogen-bond acceptors (Lipinski definition) is 3. The minimum Gasteiger partial charge on any atom is -0.343 e. The van der Waals surface area contributed by atoms with Crippen molar-refractivity contribution in [2.24, 2.45) is 11.8 Å². The van der Waals surface area contributed by atoms with Crippen LogP contribution < -0.4 is 5.32 Å². The van der Waals surface area contributed by atoms with Crippen molar-refractivity contribution in [3.63, 3.8) is 0 Å². The van der Waals surface area contributed by atoms with E-state index in [1.807, 2.05) is 12.4 Å². The lowest BCUT2D eigenvalue weighted by Gasteiger charge is -2.21. The molecule has 5 nitrogen and oxygen atoms in total. The van der Waals surface area contributed by atoms with Gasteiger partial charge >= 0.3 is 0 Å². The summed E-state index contributed by atoms with van der Waals surface area (Å²) in [6, 6.07) is 0. The Bertz CT molecular complexity index is 497. The van der Waals surface area contributed by atoms with Gasteiger partial charge in [0.2, 0.25) is 5.91 Å². The topological polar surface area (TPSA) is 50.2 Å². The van der Waals surface area contributed by atoms with Crippen LogP contribution in [0.1, 0.15) is 44.9 Å². The molecular formula is C17H28N4O. The molecule has 0 saturated carbocycles. The number of rotatable bonds is 4. The Labute approximate surface area is 133 Å². The normalized spacial score (nSPS) is 25.3. The van der Waals surface area contributed by atoms with Crippen LogP contribution in [-0.2, 0) is 11.3 Å². The SMILES string of the molecule is CC(C)c1nccn1CCC(=O)N1CC[C@@H]2CNC[C@@H]2CC1. The molecule has 0 bridgehead atoms. The highest BCUT2D eigenvalue weighted by atomic mass is 16.2. The van der Waals surface area contributed by atoms with Crippen molar-refractivity contribution in [1.82, 2.24) is 19.8 Å². The second-order valence-corrected chi connectivity index (χ2v) is 7.02. The maximum Gasteiger partial charge on any atom is 0.224 e. The van der Waals surface area contributed by atoms with Crippen LogP contribution in [0, 0.1) is 11.8 Å². The van der Waals surface area contributed by atoms with Crippen molar-refractivity contribution in [2.75, 3.05) is 26.2 Å². The quantitative estimate of drug-likeness (QED) is 0.923. The summed E-state index contributed by atoms with van der Waals surface area (Å²) in [4.78, 5) is 19.0. The van der Waals surface area contributed by atoms with Crippen LogP contribution in [-0.4, -0.2) is 46.5 Å². The van der Waals surface area contributed by atoms with Crippen LogP contribution in [0.15, 0.2) is 12.4 Å². The van der Waals surface area contributed by atoms with Crippen molar-refractivity contribution >= 4 is 5.91 Å². The Morgan fingerprint density at radius 3 is 2.64 bits per heavy atom. The smallest absolute Gasteiger partial charge is 0.224 e. The zero-order valence-corrected chi connectivity index (χ0v) is 13.8. The van der Waals surface area contributed by atoms with Gasteiger partial charge in [-0.2, -0.15) is 0 Å². The number of carbonyl (C=O) groups is 1. The van der Waals surface area contributed by atoms with Gasteiger partial charge in [0.25, 0.3) is 0 Å². The number of nitrogens with zero attached hydrogens (tertiary/aromatic N) is 3. The van der Waals surface area contributed by atoms with E-state index >= 15 is 0 Å². The highest BCUT2D eigenvalue weighted by Gasteiger charge is 2.31. The van der Waals surface area contributed by atoms with Crippen LogP contribution in [0.5, 0.6) is 0 Å². The fourth-order valence-corrected chi connectivity index (χ4v) is 3.85. The van der Waals surface area contributed by atoms with E-state index in [1.54, 1.807) is 0 Å². The molecule has 0 radical (unpaired) electrons.